The minimum absolute atomic E-state index is 0.289. The second-order valence-corrected chi connectivity index (χ2v) is 5.30. The van der Waals surface area contributed by atoms with Gasteiger partial charge in [-0.3, -0.25) is 4.79 Å². The first-order chi connectivity index (χ1) is 9.51. The number of nitrogen functional groups attached to an aromatic ring is 1. The van der Waals surface area contributed by atoms with Crippen molar-refractivity contribution in [2.75, 3.05) is 18.2 Å². The lowest BCUT2D eigenvalue weighted by atomic mass is 10.2. The fourth-order valence-electron chi connectivity index (χ4n) is 1.63. The topological polar surface area (TPSA) is 64.3 Å². The van der Waals surface area contributed by atoms with Gasteiger partial charge in [0, 0.05) is 10.2 Å². The number of anilines is 2. The molecule has 6 heteroatoms. The van der Waals surface area contributed by atoms with Gasteiger partial charge in [0.2, 0.25) is 0 Å². The summed E-state index contributed by atoms with van der Waals surface area (Å²) in [5.41, 5.74) is 7.10. The highest BCUT2D eigenvalue weighted by Gasteiger charge is 2.13. The number of benzene rings is 2. The Morgan fingerprint density at radius 3 is 2.70 bits per heavy atom. The fraction of sp³-hybridized carbons (Fsp3) is 0.0714. The Morgan fingerprint density at radius 2 is 2.05 bits per heavy atom. The molecule has 0 bridgehead atoms. The molecule has 4 nitrogen and oxygen atoms in total. The Hall–Kier alpha value is -1.72. The van der Waals surface area contributed by atoms with Crippen LogP contribution in [-0.4, -0.2) is 13.0 Å². The quantitative estimate of drug-likeness (QED) is 0.820. The highest BCUT2D eigenvalue weighted by molar-refractivity contribution is 9.10. The monoisotopic (exact) mass is 354 g/mol. The third-order valence-electron chi connectivity index (χ3n) is 2.66. The number of rotatable bonds is 3. The van der Waals surface area contributed by atoms with Crippen molar-refractivity contribution >= 4 is 44.8 Å². The molecule has 0 saturated heterocycles. The molecule has 0 aliphatic carbocycles. The van der Waals surface area contributed by atoms with Gasteiger partial charge in [-0.1, -0.05) is 11.6 Å². The van der Waals surface area contributed by atoms with E-state index >= 15 is 0 Å². The number of nitrogens with one attached hydrogen (secondary N) is 1. The lowest BCUT2D eigenvalue weighted by Gasteiger charge is -2.10. The van der Waals surface area contributed by atoms with Gasteiger partial charge in [0.05, 0.1) is 23.4 Å². The van der Waals surface area contributed by atoms with Crippen molar-refractivity contribution < 1.29 is 9.53 Å². The van der Waals surface area contributed by atoms with Crippen LogP contribution in [0, 0.1) is 0 Å². The molecule has 0 unspecified atom stereocenters. The zero-order valence-corrected chi connectivity index (χ0v) is 13.0. The summed E-state index contributed by atoms with van der Waals surface area (Å²) in [5.74, 6) is 0.309. The van der Waals surface area contributed by atoms with E-state index in [-0.39, 0.29) is 5.91 Å². The SMILES string of the molecule is COc1ccc(Br)c(C(=O)Nc2ccc(N)cc2Cl)c1. The fourth-order valence-corrected chi connectivity index (χ4v) is 2.29. The predicted molar refractivity (Wildman–Crippen MR) is 84.5 cm³/mol. The van der Waals surface area contributed by atoms with E-state index in [0.29, 0.717) is 32.2 Å². The summed E-state index contributed by atoms with van der Waals surface area (Å²) in [4.78, 5) is 12.3. The van der Waals surface area contributed by atoms with Crippen molar-refractivity contribution in [2.45, 2.75) is 0 Å². The van der Waals surface area contributed by atoms with Crippen LogP contribution in [0.4, 0.5) is 11.4 Å². The van der Waals surface area contributed by atoms with Crippen molar-refractivity contribution in [3.63, 3.8) is 0 Å². The molecule has 0 spiro atoms. The van der Waals surface area contributed by atoms with Gasteiger partial charge >= 0.3 is 0 Å². The molecule has 3 N–H and O–H groups in total. The van der Waals surface area contributed by atoms with E-state index < -0.39 is 0 Å². The lowest BCUT2D eigenvalue weighted by molar-refractivity contribution is 0.102. The van der Waals surface area contributed by atoms with Crippen LogP contribution in [0.3, 0.4) is 0 Å². The highest BCUT2D eigenvalue weighted by Crippen LogP contribution is 2.27. The third-order valence-corrected chi connectivity index (χ3v) is 3.66. The molecular formula is C14H12BrClN2O2. The molecule has 0 aliphatic heterocycles. The van der Waals surface area contributed by atoms with Crippen molar-refractivity contribution in [3.8, 4) is 5.75 Å². The zero-order valence-electron chi connectivity index (χ0n) is 10.6. The zero-order chi connectivity index (χ0) is 14.7. The van der Waals surface area contributed by atoms with Crippen LogP contribution in [0.1, 0.15) is 10.4 Å². The van der Waals surface area contributed by atoms with Crippen LogP contribution in [0.2, 0.25) is 5.02 Å². The van der Waals surface area contributed by atoms with E-state index in [9.17, 15) is 4.79 Å². The maximum Gasteiger partial charge on any atom is 0.256 e. The normalized spacial score (nSPS) is 10.2. The van der Waals surface area contributed by atoms with E-state index in [0.717, 1.165) is 0 Å². The van der Waals surface area contributed by atoms with Crippen molar-refractivity contribution in [3.05, 3.63) is 51.5 Å². The second-order valence-electron chi connectivity index (χ2n) is 4.04. The maximum atomic E-state index is 12.3. The summed E-state index contributed by atoms with van der Waals surface area (Å²) >= 11 is 9.36. The van der Waals surface area contributed by atoms with Gasteiger partial charge in [-0.2, -0.15) is 0 Å². The molecule has 104 valence electrons. The number of carbonyl (C=O) groups is 1. The Balaban J connectivity index is 2.28. The summed E-state index contributed by atoms with van der Waals surface area (Å²) < 4.78 is 5.78. The number of amides is 1. The molecule has 0 saturated carbocycles. The number of methoxy groups -OCH3 is 1. The molecule has 0 atom stereocenters. The van der Waals surface area contributed by atoms with E-state index in [1.54, 1.807) is 43.5 Å². The van der Waals surface area contributed by atoms with Crippen molar-refractivity contribution in [1.82, 2.24) is 0 Å². The molecule has 0 fully saturated rings. The van der Waals surface area contributed by atoms with Gasteiger partial charge in [-0.05, 0) is 52.3 Å². The van der Waals surface area contributed by atoms with Gasteiger partial charge in [0.15, 0.2) is 0 Å². The largest absolute Gasteiger partial charge is 0.497 e. The third kappa shape index (κ3) is 3.23. The minimum Gasteiger partial charge on any atom is -0.497 e. The van der Waals surface area contributed by atoms with Crippen LogP contribution in [-0.2, 0) is 0 Å². The minimum atomic E-state index is -0.289. The van der Waals surface area contributed by atoms with Crippen LogP contribution in [0.25, 0.3) is 0 Å². The molecule has 0 aliphatic rings. The van der Waals surface area contributed by atoms with Crippen LogP contribution >= 0.6 is 27.5 Å². The van der Waals surface area contributed by atoms with Crippen LogP contribution in [0.15, 0.2) is 40.9 Å². The first-order valence-electron chi connectivity index (χ1n) is 5.71. The molecule has 0 aromatic heterocycles. The summed E-state index contributed by atoms with van der Waals surface area (Å²) in [6.45, 7) is 0. The Morgan fingerprint density at radius 1 is 1.30 bits per heavy atom. The molecule has 2 aromatic rings. The van der Waals surface area contributed by atoms with Gasteiger partial charge in [0.25, 0.3) is 5.91 Å². The first kappa shape index (κ1) is 14.7. The summed E-state index contributed by atoms with van der Waals surface area (Å²) in [6.07, 6.45) is 0. The summed E-state index contributed by atoms with van der Waals surface area (Å²) in [6, 6.07) is 10.1. The van der Waals surface area contributed by atoms with Gasteiger partial charge in [-0.15, -0.1) is 0 Å². The maximum absolute atomic E-state index is 12.3. The summed E-state index contributed by atoms with van der Waals surface area (Å²) in [5, 5.41) is 3.12. The van der Waals surface area contributed by atoms with Gasteiger partial charge < -0.3 is 15.8 Å². The molecule has 1 amide bonds. The van der Waals surface area contributed by atoms with Crippen LogP contribution < -0.4 is 15.8 Å². The molecule has 0 heterocycles. The standard InChI is InChI=1S/C14H12BrClN2O2/c1-20-9-3-4-11(15)10(7-9)14(19)18-13-5-2-8(17)6-12(13)16/h2-7H,17H2,1H3,(H,18,19). The van der Waals surface area contributed by atoms with E-state index in [1.807, 2.05) is 0 Å². The van der Waals surface area contributed by atoms with Gasteiger partial charge in [-0.25, -0.2) is 0 Å². The molecule has 20 heavy (non-hydrogen) atoms. The number of hydrogen-bond donors (Lipinski definition) is 2. The summed E-state index contributed by atoms with van der Waals surface area (Å²) in [7, 11) is 1.54. The number of hydrogen-bond acceptors (Lipinski definition) is 3. The molecular weight excluding hydrogens is 344 g/mol. The number of nitrogens with two attached hydrogens (primary N) is 1. The van der Waals surface area contributed by atoms with Gasteiger partial charge in [0.1, 0.15) is 5.75 Å². The van der Waals surface area contributed by atoms with E-state index in [1.165, 1.54) is 0 Å². The highest BCUT2D eigenvalue weighted by atomic mass is 79.9. The number of halogens is 2. The lowest BCUT2D eigenvalue weighted by Crippen LogP contribution is -2.13. The van der Waals surface area contributed by atoms with Crippen LogP contribution in [0.5, 0.6) is 5.75 Å². The van der Waals surface area contributed by atoms with Crippen molar-refractivity contribution in [2.24, 2.45) is 0 Å². The molecule has 0 radical (unpaired) electrons. The average Bonchev–Trinajstić information content (AvgIpc) is 2.42. The Bertz CT molecular complexity index is 662. The predicted octanol–water partition coefficient (Wildman–Crippen LogP) is 3.95. The average molecular weight is 356 g/mol. The molecule has 2 rings (SSSR count). The van der Waals surface area contributed by atoms with E-state index in [4.69, 9.17) is 22.1 Å². The van der Waals surface area contributed by atoms with E-state index in [2.05, 4.69) is 21.2 Å². The molecule has 2 aromatic carbocycles. The Labute approximate surface area is 130 Å². The smallest absolute Gasteiger partial charge is 0.256 e. The second kappa shape index (κ2) is 6.15. The Kier molecular flexibility index (Phi) is 4.52. The number of ether oxygens (including phenoxy) is 1. The first-order valence-corrected chi connectivity index (χ1v) is 6.88. The van der Waals surface area contributed by atoms with Crippen molar-refractivity contribution in [1.29, 1.82) is 0 Å². The number of carbonyl (C=O) groups excluding carboxylic acids is 1.